The van der Waals surface area contributed by atoms with Crippen LogP contribution < -0.4 is 10.2 Å². The SMILES string of the molecule is C=C/C=C(\C=C)N(c1cc(F)c(C)c(P)c1)c1cc2c(c(C=C)c1C=C)-c1ccc(C)cc1C2(c1ccccc1)c1ccccc1.CC(C)C1=CCCc2oc3ccccc3c21.Cc1ccc(C)c(C)c1. The molecule has 0 fully saturated rings. The van der Waals surface area contributed by atoms with Gasteiger partial charge in [0.1, 0.15) is 17.2 Å². The number of para-hydroxylation sites is 1. The van der Waals surface area contributed by atoms with Crippen LogP contribution in [0.2, 0.25) is 0 Å². The summed E-state index contributed by atoms with van der Waals surface area (Å²) in [4.78, 5) is 2.05. The van der Waals surface area contributed by atoms with Crippen LogP contribution in [0.5, 0.6) is 0 Å². The Morgan fingerprint density at radius 1 is 0.690 bits per heavy atom. The first-order valence-corrected chi connectivity index (χ1v) is 25.1. The molecule has 10 rings (SSSR count). The van der Waals surface area contributed by atoms with E-state index in [-0.39, 0.29) is 5.82 Å². The average molecular weight is 950 g/mol. The van der Waals surface area contributed by atoms with E-state index in [4.69, 9.17) is 4.42 Å². The summed E-state index contributed by atoms with van der Waals surface area (Å²) in [6, 6.07) is 48.8. The minimum atomic E-state index is -0.641. The number of rotatable bonds is 10. The van der Waals surface area contributed by atoms with Crippen LogP contribution in [-0.4, -0.2) is 0 Å². The first kappa shape index (κ1) is 50.1. The summed E-state index contributed by atoms with van der Waals surface area (Å²) < 4.78 is 21.4. The second kappa shape index (κ2) is 21.4. The Morgan fingerprint density at radius 3 is 1.92 bits per heavy atom. The number of furan rings is 1. The van der Waals surface area contributed by atoms with Crippen molar-refractivity contribution >= 4 is 54.6 Å². The van der Waals surface area contributed by atoms with Gasteiger partial charge in [-0.25, -0.2) is 4.39 Å². The van der Waals surface area contributed by atoms with Gasteiger partial charge in [-0.05, 0) is 150 Å². The quantitative estimate of drug-likeness (QED) is 0.100. The number of nitrogens with zero attached hydrogens (tertiary/aromatic N) is 1. The maximum Gasteiger partial charge on any atom is 0.134 e. The zero-order valence-corrected chi connectivity index (χ0v) is 43.5. The number of hydrogen-bond donors (Lipinski definition) is 0. The molecule has 0 N–H and O–H groups in total. The van der Waals surface area contributed by atoms with Crippen LogP contribution in [0.25, 0.3) is 39.8 Å². The average Bonchev–Trinajstić information content (AvgIpc) is 3.90. The fourth-order valence-electron chi connectivity index (χ4n) is 10.5. The van der Waals surface area contributed by atoms with E-state index in [1.54, 1.807) is 25.1 Å². The second-order valence-electron chi connectivity index (χ2n) is 18.9. The van der Waals surface area contributed by atoms with Gasteiger partial charge in [-0.3, -0.25) is 0 Å². The fourth-order valence-corrected chi connectivity index (χ4v) is 10.8. The molecule has 2 aliphatic carbocycles. The molecule has 1 aromatic heterocycles. The number of fused-ring (bicyclic) bond motifs is 6. The maximum atomic E-state index is 15.5. The van der Waals surface area contributed by atoms with Crippen molar-refractivity contribution in [3.63, 3.8) is 0 Å². The van der Waals surface area contributed by atoms with Crippen LogP contribution in [0.15, 0.2) is 200 Å². The molecule has 0 radical (unpaired) electrons. The number of benzene rings is 7. The maximum absolute atomic E-state index is 15.5. The Bertz CT molecular complexity index is 3320. The standard InChI is InChI=1S/C43H37FNP.C15H16O.C9H12/c1-7-17-32(8-2)45(33-25-39(44)29(6)41(46)26-33)40-27-38-42(35(10-4)34(40)9-3)36-23-22-28(5)24-37(36)43(38,30-18-13-11-14-19-30)31-20-15-12-16-21-31;1-10(2)11-7-5-9-14-15(11)12-6-3-4-8-13(12)16-14;1-7-4-5-8(2)9(3)6-7/h7-27H,1-4,46H2,5-6H3;3-4,6-8,10H,5,9H2,1-2H3;4-6H,1-3H3/b32-17+;;. The smallest absolute Gasteiger partial charge is 0.134 e. The van der Waals surface area contributed by atoms with Gasteiger partial charge in [-0.2, -0.15) is 0 Å². The lowest BCUT2D eigenvalue weighted by Gasteiger charge is -2.36. The van der Waals surface area contributed by atoms with Gasteiger partial charge in [0.05, 0.1) is 11.1 Å². The molecule has 71 heavy (non-hydrogen) atoms. The van der Waals surface area contributed by atoms with Gasteiger partial charge >= 0.3 is 0 Å². The molecule has 8 aromatic rings. The first-order chi connectivity index (χ1) is 34.3. The summed E-state index contributed by atoms with van der Waals surface area (Å²) in [6.45, 7) is 31.6. The zero-order chi connectivity index (χ0) is 50.6. The van der Waals surface area contributed by atoms with Crippen molar-refractivity contribution in [2.24, 2.45) is 5.92 Å². The molecule has 0 spiro atoms. The molecule has 4 heteroatoms. The third-order valence-corrected chi connectivity index (χ3v) is 14.7. The fraction of sp³-hybridized carbons (Fsp3) is 0.164. The molecule has 0 aliphatic heterocycles. The molecule has 1 atom stereocenters. The minimum absolute atomic E-state index is 0.287. The Labute approximate surface area is 424 Å². The topological polar surface area (TPSA) is 16.4 Å². The summed E-state index contributed by atoms with van der Waals surface area (Å²) in [7, 11) is 2.68. The molecule has 0 saturated heterocycles. The van der Waals surface area contributed by atoms with Crippen molar-refractivity contribution in [3.05, 3.63) is 274 Å². The molecular weight excluding hydrogens is 885 g/mol. The molecule has 1 unspecified atom stereocenters. The zero-order valence-electron chi connectivity index (χ0n) is 42.4. The minimum Gasteiger partial charge on any atom is -0.460 e. The van der Waals surface area contributed by atoms with E-state index in [2.05, 4.69) is 205 Å². The van der Waals surface area contributed by atoms with Crippen LogP contribution in [0.3, 0.4) is 0 Å². The van der Waals surface area contributed by atoms with Gasteiger partial charge in [-0.15, -0.1) is 9.24 Å². The predicted molar refractivity (Wildman–Crippen MR) is 308 cm³/mol. The number of anilines is 2. The Balaban J connectivity index is 0.000000218. The molecule has 2 aliphatic rings. The Hall–Kier alpha value is -7.32. The van der Waals surface area contributed by atoms with Crippen LogP contribution in [0.4, 0.5) is 15.8 Å². The third-order valence-electron chi connectivity index (χ3n) is 14.1. The summed E-state index contributed by atoms with van der Waals surface area (Å²) >= 11 is 0. The van der Waals surface area contributed by atoms with Gasteiger partial charge in [0.25, 0.3) is 0 Å². The Kier molecular flexibility index (Phi) is 15.1. The van der Waals surface area contributed by atoms with Gasteiger partial charge in [0.15, 0.2) is 0 Å². The number of allylic oxidation sites excluding steroid dienone is 5. The van der Waals surface area contributed by atoms with E-state index >= 15 is 4.39 Å². The lowest BCUT2D eigenvalue weighted by atomic mass is 9.67. The summed E-state index contributed by atoms with van der Waals surface area (Å²) in [5.74, 6) is 1.46. The van der Waals surface area contributed by atoms with E-state index in [1.165, 1.54) is 50.1 Å². The van der Waals surface area contributed by atoms with E-state index in [9.17, 15) is 0 Å². The third kappa shape index (κ3) is 9.40. The summed E-state index contributed by atoms with van der Waals surface area (Å²) in [5.41, 5.74) is 20.1. The first-order valence-electron chi connectivity index (χ1n) is 24.5. The molecule has 0 bridgehead atoms. The Morgan fingerprint density at radius 2 is 1.32 bits per heavy atom. The van der Waals surface area contributed by atoms with Gasteiger partial charge in [-0.1, -0.05) is 191 Å². The largest absolute Gasteiger partial charge is 0.460 e. The molecule has 356 valence electrons. The van der Waals surface area contributed by atoms with Crippen molar-refractivity contribution in [2.75, 3.05) is 4.90 Å². The van der Waals surface area contributed by atoms with E-state index in [0.717, 1.165) is 74.1 Å². The van der Waals surface area contributed by atoms with Crippen molar-refractivity contribution in [2.45, 2.75) is 66.7 Å². The van der Waals surface area contributed by atoms with E-state index in [1.807, 2.05) is 35.3 Å². The van der Waals surface area contributed by atoms with E-state index in [0.29, 0.717) is 17.2 Å². The van der Waals surface area contributed by atoms with Crippen LogP contribution in [0, 0.1) is 46.4 Å². The molecule has 1 heterocycles. The molecular formula is C67H65FNOP. The molecule has 0 amide bonds. The highest BCUT2D eigenvalue weighted by Gasteiger charge is 2.48. The van der Waals surface area contributed by atoms with Crippen molar-refractivity contribution < 1.29 is 8.81 Å². The van der Waals surface area contributed by atoms with Gasteiger partial charge < -0.3 is 9.32 Å². The summed E-state index contributed by atoms with van der Waals surface area (Å²) in [6.07, 6.45) is 13.7. The van der Waals surface area contributed by atoms with Crippen molar-refractivity contribution in [1.82, 2.24) is 0 Å². The van der Waals surface area contributed by atoms with Crippen molar-refractivity contribution in [1.29, 1.82) is 0 Å². The lowest BCUT2D eigenvalue weighted by Crippen LogP contribution is -2.29. The summed E-state index contributed by atoms with van der Waals surface area (Å²) in [5, 5.41) is 2.05. The molecule has 2 nitrogen and oxygen atoms in total. The number of hydrogen-bond acceptors (Lipinski definition) is 2. The number of halogens is 1. The van der Waals surface area contributed by atoms with Crippen LogP contribution >= 0.6 is 9.24 Å². The van der Waals surface area contributed by atoms with E-state index < -0.39 is 5.41 Å². The lowest BCUT2D eigenvalue weighted by molar-refractivity contribution is 0.543. The second-order valence-corrected chi connectivity index (χ2v) is 19.6. The van der Waals surface area contributed by atoms with Crippen molar-refractivity contribution in [3.8, 4) is 11.1 Å². The predicted octanol–water partition coefficient (Wildman–Crippen LogP) is 18.0. The highest BCUT2D eigenvalue weighted by atomic mass is 31.0. The monoisotopic (exact) mass is 949 g/mol. The highest BCUT2D eigenvalue weighted by Crippen LogP contribution is 2.59. The van der Waals surface area contributed by atoms with Gasteiger partial charge in [0.2, 0.25) is 0 Å². The number of aryl methyl sites for hydroxylation is 5. The van der Waals surface area contributed by atoms with Crippen LogP contribution in [-0.2, 0) is 11.8 Å². The normalized spacial score (nSPS) is 13.1. The highest BCUT2D eigenvalue weighted by molar-refractivity contribution is 7.27. The van der Waals surface area contributed by atoms with Crippen LogP contribution in [0.1, 0.15) is 92.8 Å². The molecule has 0 saturated carbocycles. The molecule has 7 aromatic carbocycles. The van der Waals surface area contributed by atoms with Gasteiger partial charge in [0, 0.05) is 34.3 Å².